The van der Waals surface area contributed by atoms with Gasteiger partial charge in [-0.05, 0) is 70.6 Å². The molecule has 0 aliphatic rings. The number of carbonyl (C=O) groups is 2. The van der Waals surface area contributed by atoms with Crippen LogP contribution in [0, 0.1) is 0 Å². The maximum Gasteiger partial charge on any atom is 0.306 e. The van der Waals surface area contributed by atoms with Crippen LogP contribution in [-0.4, -0.2) is 70.0 Å². The molecule has 0 bridgehead atoms. The van der Waals surface area contributed by atoms with Gasteiger partial charge in [0.05, 0.1) is 27.7 Å². The van der Waals surface area contributed by atoms with Gasteiger partial charge in [0.2, 0.25) is 0 Å². The Bertz CT molecular complexity index is 1200. The van der Waals surface area contributed by atoms with Gasteiger partial charge in [-0.3, -0.25) is 14.2 Å². The van der Waals surface area contributed by atoms with Crippen molar-refractivity contribution in [2.75, 3.05) is 47.5 Å². The monoisotopic (exact) mass is 776 g/mol. The number of likely N-dealkylation sites (N-methyl/N-ethyl adjacent to an activating group) is 1. The molecule has 2 atom stereocenters. The lowest BCUT2D eigenvalue weighted by Crippen LogP contribution is -2.37. The quantitative estimate of drug-likeness (QED) is 0.0206. The standard InChI is InChI=1S/C44H74NO8P/c1-6-8-10-12-14-16-18-19-20-21-22-23-24-25-27-28-30-32-34-36-43(46)50-40-42(41-52-54(48,49)51-39-38-45(3,4)5)53-44(47)37-35-33-31-29-26-17-15-13-11-9-7-2/h8,10,13-16,19-20,22-23,25,27,30,32,42H,6-7,9,11-12,17-18,21,24,26,28-29,31,33-41H2,1-5H3/b10-8+,15-13+,16-14+,20-19+,23-22+,27-25+,32-30+/t42-/m0/s1. The van der Waals surface area contributed by atoms with Gasteiger partial charge in [0.1, 0.15) is 19.8 Å². The van der Waals surface area contributed by atoms with Crippen molar-refractivity contribution in [2.24, 2.45) is 0 Å². The molecule has 308 valence electrons. The number of phosphoric acid groups is 1. The number of hydrogen-bond acceptors (Lipinski definition) is 8. The van der Waals surface area contributed by atoms with Crippen molar-refractivity contribution in [2.45, 2.75) is 136 Å². The molecular formula is C44H74NO8P. The van der Waals surface area contributed by atoms with Crippen molar-refractivity contribution in [3.8, 4) is 0 Å². The van der Waals surface area contributed by atoms with Crippen LogP contribution >= 0.6 is 7.82 Å². The lowest BCUT2D eigenvalue weighted by molar-refractivity contribution is -0.870. The number of hydrogen-bond donors (Lipinski definition) is 0. The highest BCUT2D eigenvalue weighted by Gasteiger charge is 2.21. The van der Waals surface area contributed by atoms with Crippen LogP contribution in [0.25, 0.3) is 0 Å². The number of allylic oxidation sites excluding steroid dienone is 14. The van der Waals surface area contributed by atoms with Crippen molar-refractivity contribution in [1.29, 1.82) is 0 Å². The van der Waals surface area contributed by atoms with Crippen molar-refractivity contribution in [3.05, 3.63) is 85.1 Å². The molecule has 0 aromatic carbocycles. The predicted octanol–water partition coefficient (Wildman–Crippen LogP) is 10.6. The molecular weight excluding hydrogens is 701 g/mol. The first-order valence-electron chi connectivity index (χ1n) is 20.3. The molecule has 0 aromatic rings. The zero-order chi connectivity index (χ0) is 40.0. The normalized spacial score (nSPS) is 14.6. The second kappa shape index (κ2) is 35.9. The Morgan fingerprint density at radius 1 is 0.593 bits per heavy atom. The number of unbranched alkanes of at least 4 members (excludes halogenated alkanes) is 7. The van der Waals surface area contributed by atoms with Crippen LogP contribution in [0.3, 0.4) is 0 Å². The second-order valence-electron chi connectivity index (χ2n) is 14.3. The summed E-state index contributed by atoms with van der Waals surface area (Å²) >= 11 is 0. The molecule has 1 unspecified atom stereocenters. The van der Waals surface area contributed by atoms with Crippen LogP contribution in [0.2, 0.25) is 0 Å². The van der Waals surface area contributed by atoms with Crippen molar-refractivity contribution in [3.63, 3.8) is 0 Å². The molecule has 0 spiro atoms. The molecule has 0 fully saturated rings. The molecule has 0 amide bonds. The minimum Gasteiger partial charge on any atom is -0.756 e. The van der Waals surface area contributed by atoms with E-state index in [4.69, 9.17) is 18.5 Å². The highest BCUT2D eigenvalue weighted by Crippen LogP contribution is 2.38. The van der Waals surface area contributed by atoms with E-state index in [1.165, 1.54) is 12.8 Å². The zero-order valence-corrected chi connectivity index (χ0v) is 35.3. The molecule has 0 aromatic heterocycles. The maximum absolute atomic E-state index is 12.6. The third kappa shape index (κ3) is 38.9. The summed E-state index contributed by atoms with van der Waals surface area (Å²) in [4.78, 5) is 37.3. The fourth-order valence-electron chi connectivity index (χ4n) is 4.72. The van der Waals surface area contributed by atoms with E-state index in [2.05, 4.69) is 86.8 Å². The Morgan fingerprint density at radius 3 is 1.65 bits per heavy atom. The number of nitrogens with zero attached hydrogens (tertiary/aromatic N) is 1. The molecule has 0 heterocycles. The summed E-state index contributed by atoms with van der Waals surface area (Å²) in [5.41, 5.74) is 0. The minimum absolute atomic E-state index is 0.0482. The van der Waals surface area contributed by atoms with E-state index in [0.717, 1.165) is 77.0 Å². The van der Waals surface area contributed by atoms with Crippen LogP contribution < -0.4 is 4.89 Å². The first-order valence-corrected chi connectivity index (χ1v) is 21.8. The van der Waals surface area contributed by atoms with E-state index in [1.54, 1.807) is 0 Å². The third-order valence-electron chi connectivity index (χ3n) is 7.91. The first-order chi connectivity index (χ1) is 26.0. The number of quaternary nitrogens is 1. The lowest BCUT2D eigenvalue weighted by atomic mass is 10.1. The van der Waals surface area contributed by atoms with E-state index in [-0.39, 0.29) is 26.1 Å². The van der Waals surface area contributed by atoms with Gasteiger partial charge in [-0.2, -0.15) is 0 Å². The molecule has 10 heteroatoms. The van der Waals surface area contributed by atoms with Crippen molar-refractivity contribution >= 4 is 19.8 Å². The predicted molar refractivity (Wildman–Crippen MR) is 222 cm³/mol. The topological polar surface area (TPSA) is 111 Å². The van der Waals surface area contributed by atoms with Crippen LogP contribution in [0.4, 0.5) is 0 Å². The average Bonchev–Trinajstić information content (AvgIpc) is 3.12. The van der Waals surface area contributed by atoms with Gasteiger partial charge in [0, 0.05) is 12.8 Å². The lowest BCUT2D eigenvalue weighted by Gasteiger charge is -2.28. The van der Waals surface area contributed by atoms with E-state index < -0.39 is 32.5 Å². The van der Waals surface area contributed by atoms with E-state index in [0.29, 0.717) is 23.9 Å². The summed E-state index contributed by atoms with van der Waals surface area (Å²) in [6, 6.07) is 0. The van der Waals surface area contributed by atoms with Crippen LogP contribution in [0.1, 0.15) is 129 Å². The smallest absolute Gasteiger partial charge is 0.306 e. The fraction of sp³-hybridized carbons (Fsp3) is 0.636. The number of carbonyl (C=O) groups excluding carboxylic acids is 2. The Morgan fingerprint density at radius 2 is 1.09 bits per heavy atom. The largest absolute Gasteiger partial charge is 0.756 e. The number of ether oxygens (including phenoxy) is 2. The van der Waals surface area contributed by atoms with Crippen molar-refractivity contribution in [1.82, 2.24) is 0 Å². The van der Waals surface area contributed by atoms with Crippen molar-refractivity contribution < 1.29 is 42.1 Å². The Hall–Kier alpha value is -2.81. The average molecular weight is 776 g/mol. The molecule has 0 aliphatic heterocycles. The second-order valence-corrected chi connectivity index (χ2v) is 15.7. The SMILES string of the molecule is CC/C=C/C/C=C/C/C=C/C/C=C/C/C=C/C/C=C/CCC(=O)OC[C@@H](COP(=O)([O-])OCC[N+](C)(C)C)OC(=O)CCCCCCC/C=C/CCCC. The van der Waals surface area contributed by atoms with Gasteiger partial charge in [-0.25, -0.2) is 0 Å². The van der Waals surface area contributed by atoms with Gasteiger partial charge in [-0.1, -0.05) is 131 Å². The van der Waals surface area contributed by atoms with Gasteiger partial charge < -0.3 is 27.9 Å². The summed E-state index contributed by atoms with van der Waals surface area (Å²) in [7, 11) is 1.10. The van der Waals surface area contributed by atoms with E-state index >= 15 is 0 Å². The molecule has 0 saturated heterocycles. The highest BCUT2D eigenvalue weighted by molar-refractivity contribution is 7.45. The van der Waals surface area contributed by atoms with Crippen LogP contribution in [-0.2, 0) is 32.7 Å². The molecule has 0 aliphatic carbocycles. The van der Waals surface area contributed by atoms with Gasteiger partial charge in [0.25, 0.3) is 7.82 Å². The fourth-order valence-corrected chi connectivity index (χ4v) is 5.45. The number of rotatable bonds is 35. The molecule has 0 radical (unpaired) electrons. The molecule has 9 nitrogen and oxygen atoms in total. The Labute approximate surface area is 329 Å². The number of phosphoric ester groups is 1. The van der Waals surface area contributed by atoms with E-state index in [9.17, 15) is 19.0 Å². The van der Waals surface area contributed by atoms with Gasteiger partial charge >= 0.3 is 11.9 Å². The third-order valence-corrected chi connectivity index (χ3v) is 8.88. The Kier molecular flexibility index (Phi) is 34.0. The minimum atomic E-state index is -4.64. The van der Waals surface area contributed by atoms with Gasteiger partial charge in [-0.15, -0.1) is 0 Å². The summed E-state index contributed by atoms with van der Waals surface area (Å²) in [5, 5.41) is 0. The maximum atomic E-state index is 12.6. The molecule has 0 N–H and O–H groups in total. The summed E-state index contributed by atoms with van der Waals surface area (Å²) in [5.74, 6) is -0.955. The number of esters is 2. The van der Waals surface area contributed by atoms with Gasteiger partial charge in [0.15, 0.2) is 6.10 Å². The highest BCUT2D eigenvalue weighted by atomic mass is 31.2. The van der Waals surface area contributed by atoms with Crippen LogP contribution in [0.15, 0.2) is 85.1 Å². The molecule has 0 rings (SSSR count). The Balaban J connectivity index is 4.53. The first kappa shape index (κ1) is 51.2. The molecule has 0 saturated carbocycles. The van der Waals surface area contributed by atoms with Crippen LogP contribution in [0.5, 0.6) is 0 Å². The summed E-state index contributed by atoms with van der Waals surface area (Å²) in [6.45, 7) is 3.94. The molecule has 54 heavy (non-hydrogen) atoms. The summed E-state index contributed by atoms with van der Waals surface area (Å²) in [6.07, 6.45) is 44.9. The van der Waals surface area contributed by atoms with E-state index in [1.807, 2.05) is 33.3 Å². The summed E-state index contributed by atoms with van der Waals surface area (Å²) < 4.78 is 33.7. The zero-order valence-electron chi connectivity index (χ0n) is 34.4.